The summed E-state index contributed by atoms with van der Waals surface area (Å²) in [4.78, 5) is 5.80. The summed E-state index contributed by atoms with van der Waals surface area (Å²) in [5.41, 5.74) is 3.62. The molecule has 1 atom stereocenters. The Morgan fingerprint density at radius 1 is 1.18 bits per heavy atom. The third kappa shape index (κ3) is 4.46. The van der Waals surface area contributed by atoms with E-state index in [0.29, 0.717) is 11.6 Å². The van der Waals surface area contributed by atoms with Crippen LogP contribution < -0.4 is 10.1 Å². The molecule has 0 saturated heterocycles. The molecule has 1 aromatic heterocycles. The second-order valence-electron chi connectivity index (χ2n) is 6.43. The van der Waals surface area contributed by atoms with Crippen molar-refractivity contribution in [3.05, 3.63) is 63.2 Å². The summed E-state index contributed by atoms with van der Waals surface area (Å²) in [5, 5.41) is 4.74. The molecule has 0 amide bonds. The minimum atomic E-state index is -0.267. The van der Waals surface area contributed by atoms with E-state index in [9.17, 15) is 4.39 Å². The number of methoxy groups -OCH3 is 2. The number of nitrogens with one attached hydrogen (secondary N) is 1. The van der Waals surface area contributed by atoms with Gasteiger partial charge in [0.05, 0.1) is 30.5 Å². The van der Waals surface area contributed by atoms with Crippen molar-refractivity contribution in [2.24, 2.45) is 0 Å². The van der Waals surface area contributed by atoms with Gasteiger partial charge in [0.2, 0.25) is 0 Å². The zero-order valence-corrected chi connectivity index (χ0v) is 17.7. The quantitative estimate of drug-likeness (QED) is 0.507. The Kier molecular flexibility index (Phi) is 6.54. The first kappa shape index (κ1) is 20.6. The minimum Gasteiger partial charge on any atom is -0.496 e. The van der Waals surface area contributed by atoms with E-state index in [1.54, 1.807) is 37.7 Å². The highest BCUT2D eigenvalue weighted by Gasteiger charge is 2.18. The molecule has 4 nitrogen and oxygen atoms in total. The topological polar surface area (TPSA) is 43.4 Å². The summed E-state index contributed by atoms with van der Waals surface area (Å²) in [6, 6.07) is 10.0. The van der Waals surface area contributed by atoms with Crippen LogP contribution in [0.5, 0.6) is 5.75 Å². The molecule has 1 heterocycles. The van der Waals surface area contributed by atoms with Gasteiger partial charge in [-0.05, 0) is 49.2 Å². The number of benzene rings is 2. The number of anilines is 1. The number of hydrogen-bond acceptors (Lipinski definition) is 5. The summed E-state index contributed by atoms with van der Waals surface area (Å²) in [6.45, 7) is 4.42. The number of aryl methyl sites for hydroxylation is 2. The van der Waals surface area contributed by atoms with Crippen LogP contribution in [0, 0.1) is 19.7 Å². The van der Waals surface area contributed by atoms with Gasteiger partial charge in [-0.2, -0.15) is 0 Å². The highest BCUT2D eigenvalue weighted by molar-refractivity contribution is 7.16. The van der Waals surface area contributed by atoms with E-state index in [4.69, 9.17) is 26.1 Å². The highest BCUT2D eigenvalue weighted by Crippen LogP contribution is 2.38. The van der Waals surface area contributed by atoms with Gasteiger partial charge in [0.15, 0.2) is 5.13 Å². The fourth-order valence-corrected chi connectivity index (χ4v) is 4.13. The maximum absolute atomic E-state index is 13.2. The predicted octanol–water partition coefficient (Wildman–Crippen LogP) is 6.03. The van der Waals surface area contributed by atoms with Crippen molar-refractivity contribution in [3.63, 3.8) is 0 Å². The van der Waals surface area contributed by atoms with Crippen LogP contribution in [0.2, 0.25) is 5.02 Å². The second kappa shape index (κ2) is 8.90. The lowest BCUT2D eigenvalue weighted by molar-refractivity contribution is 0.186. The molecule has 0 aliphatic rings. The Balaban J connectivity index is 1.91. The van der Waals surface area contributed by atoms with Gasteiger partial charge < -0.3 is 14.8 Å². The number of thiazole rings is 1. The third-order valence-electron chi connectivity index (χ3n) is 4.44. The molecule has 0 spiro atoms. The van der Waals surface area contributed by atoms with Crippen molar-refractivity contribution < 1.29 is 13.9 Å². The van der Waals surface area contributed by atoms with Crippen LogP contribution in [0.4, 0.5) is 9.52 Å². The smallest absolute Gasteiger partial charge is 0.184 e. The van der Waals surface area contributed by atoms with Crippen molar-refractivity contribution in [3.8, 4) is 17.0 Å². The van der Waals surface area contributed by atoms with Crippen molar-refractivity contribution >= 4 is 28.1 Å². The van der Waals surface area contributed by atoms with Crippen LogP contribution in [-0.4, -0.2) is 25.8 Å². The number of ether oxygens (including phenoxy) is 2. The first-order chi connectivity index (χ1) is 13.4. The van der Waals surface area contributed by atoms with Gasteiger partial charge in [-0.3, -0.25) is 0 Å². The standard InChI is InChI=1S/C21H22ClFN2O2S/c1-12-9-16(17(22)10-19(12)27-4)20-13(2)28-21(25-20)24-18(11-26-3)14-5-7-15(23)8-6-14/h5-10,18H,11H2,1-4H3,(H,24,25)/t18-/m0/s1. The maximum Gasteiger partial charge on any atom is 0.184 e. The highest BCUT2D eigenvalue weighted by atomic mass is 35.5. The van der Waals surface area contributed by atoms with Crippen molar-refractivity contribution in [1.29, 1.82) is 0 Å². The zero-order chi connectivity index (χ0) is 20.3. The van der Waals surface area contributed by atoms with Crippen LogP contribution in [0.1, 0.15) is 22.0 Å². The Hall–Kier alpha value is -2.15. The van der Waals surface area contributed by atoms with E-state index < -0.39 is 0 Å². The molecule has 0 aliphatic carbocycles. The lowest BCUT2D eigenvalue weighted by Crippen LogP contribution is -2.16. The van der Waals surface area contributed by atoms with E-state index in [2.05, 4.69) is 5.32 Å². The molecule has 28 heavy (non-hydrogen) atoms. The largest absolute Gasteiger partial charge is 0.496 e. The summed E-state index contributed by atoms with van der Waals surface area (Å²) in [7, 11) is 3.26. The van der Waals surface area contributed by atoms with Gasteiger partial charge in [0, 0.05) is 17.6 Å². The summed E-state index contributed by atoms with van der Waals surface area (Å²) >= 11 is 8.01. The SMILES string of the molecule is COC[C@H](Nc1nc(-c2cc(C)c(OC)cc2Cl)c(C)s1)c1ccc(F)cc1. The third-order valence-corrected chi connectivity index (χ3v) is 5.65. The number of aromatic nitrogens is 1. The van der Waals surface area contributed by atoms with Crippen molar-refractivity contribution in [2.75, 3.05) is 26.1 Å². The Bertz CT molecular complexity index is 960. The maximum atomic E-state index is 13.2. The normalized spacial score (nSPS) is 12.1. The second-order valence-corrected chi connectivity index (χ2v) is 8.04. The Labute approximate surface area is 173 Å². The summed E-state index contributed by atoms with van der Waals surface area (Å²) in [6.07, 6.45) is 0. The van der Waals surface area contributed by atoms with Crippen LogP contribution in [0.3, 0.4) is 0 Å². The van der Waals surface area contributed by atoms with Gasteiger partial charge in [0.1, 0.15) is 11.6 Å². The minimum absolute atomic E-state index is 0.142. The number of rotatable bonds is 7. The Morgan fingerprint density at radius 3 is 2.54 bits per heavy atom. The van der Waals surface area contributed by atoms with E-state index in [0.717, 1.165) is 38.1 Å². The average Bonchev–Trinajstić information content (AvgIpc) is 3.03. The molecule has 0 bridgehead atoms. The molecular formula is C21H22ClFN2O2S. The molecule has 0 aliphatic heterocycles. The number of hydrogen-bond donors (Lipinski definition) is 1. The lowest BCUT2D eigenvalue weighted by atomic mass is 10.1. The van der Waals surface area contributed by atoms with Crippen LogP contribution in [0.25, 0.3) is 11.3 Å². The van der Waals surface area contributed by atoms with Crippen molar-refractivity contribution in [1.82, 2.24) is 4.98 Å². The Morgan fingerprint density at radius 2 is 1.89 bits per heavy atom. The molecule has 148 valence electrons. The molecule has 0 fully saturated rings. The molecule has 2 aromatic carbocycles. The van der Waals surface area contributed by atoms with Crippen LogP contribution in [-0.2, 0) is 4.74 Å². The molecule has 0 saturated carbocycles. The lowest BCUT2D eigenvalue weighted by Gasteiger charge is -2.17. The fourth-order valence-electron chi connectivity index (χ4n) is 3.00. The zero-order valence-electron chi connectivity index (χ0n) is 16.2. The van der Waals surface area contributed by atoms with Crippen molar-refractivity contribution in [2.45, 2.75) is 19.9 Å². The predicted molar refractivity (Wildman–Crippen MR) is 113 cm³/mol. The monoisotopic (exact) mass is 420 g/mol. The molecule has 3 rings (SSSR count). The van der Waals surface area contributed by atoms with Gasteiger partial charge in [-0.15, -0.1) is 11.3 Å². The van der Waals surface area contributed by atoms with E-state index >= 15 is 0 Å². The van der Waals surface area contributed by atoms with Gasteiger partial charge in [0.25, 0.3) is 0 Å². The number of halogens is 2. The summed E-state index contributed by atoms with van der Waals surface area (Å²) < 4.78 is 23.9. The fraction of sp³-hybridized carbons (Fsp3) is 0.286. The molecule has 0 unspecified atom stereocenters. The molecule has 7 heteroatoms. The van der Waals surface area contributed by atoms with Crippen LogP contribution >= 0.6 is 22.9 Å². The van der Waals surface area contributed by atoms with Gasteiger partial charge in [-0.1, -0.05) is 23.7 Å². The average molecular weight is 421 g/mol. The van der Waals surface area contributed by atoms with Crippen LogP contribution in [0.15, 0.2) is 36.4 Å². The first-order valence-corrected chi connectivity index (χ1v) is 9.95. The summed E-state index contributed by atoms with van der Waals surface area (Å²) in [5.74, 6) is 0.480. The first-order valence-electron chi connectivity index (χ1n) is 8.75. The molecular weight excluding hydrogens is 399 g/mol. The molecule has 1 N–H and O–H groups in total. The number of nitrogens with zero attached hydrogens (tertiary/aromatic N) is 1. The van der Waals surface area contributed by atoms with E-state index in [1.807, 2.05) is 26.0 Å². The molecule has 0 radical (unpaired) electrons. The van der Waals surface area contributed by atoms with E-state index in [-0.39, 0.29) is 11.9 Å². The van der Waals surface area contributed by atoms with Gasteiger partial charge >= 0.3 is 0 Å². The molecule has 3 aromatic rings. The van der Waals surface area contributed by atoms with Gasteiger partial charge in [-0.25, -0.2) is 9.37 Å². The van der Waals surface area contributed by atoms with E-state index in [1.165, 1.54) is 12.1 Å².